The lowest BCUT2D eigenvalue weighted by atomic mass is 10.1. The van der Waals surface area contributed by atoms with Crippen LogP contribution in [0.15, 0.2) is 0 Å². The first-order valence-corrected chi connectivity index (χ1v) is 6.79. The van der Waals surface area contributed by atoms with Gasteiger partial charge in [-0.2, -0.15) is 5.10 Å². The van der Waals surface area contributed by atoms with Crippen LogP contribution in [-0.4, -0.2) is 34.1 Å². The van der Waals surface area contributed by atoms with Crippen LogP contribution in [0.25, 0.3) is 0 Å². The third-order valence-electron chi connectivity index (χ3n) is 3.90. The van der Waals surface area contributed by atoms with Crippen LogP contribution in [0.5, 0.6) is 0 Å². The van der Waals surface area contributed by atoms with Gasteiger partial charge in [0.05, 0.1) is 12.3 Å². The summed E-state index contributed by atoms with van der Waals surface area (Å²) in [6.07, 6.45) is 4.96. The number of aromatic nitrogens is 2. The van der Waals surface area contributed by atoms with Crippen molar-refractivity contribution in [2.45, 2.75) is 45.2 Å². The first kappa shape index (κ1) is 13.4. The molecular formula is C13H24N4O. The Morgan fingerprint density at radius 1 is 1.44 bits per heavy atom. The maximum atomic E-state index is 9.32. The standard InChI is InChI=1S/C13H24N4O/c1-10-12(9-14)13(16(2)15-10)17(7-8-18)11-5-3-4-6-11/h11,18H,3-9,14H2,1-2H3. The smallest absolute Gasteiger partial charge is 0.131 e. The van der Waals surface area contributed by atoms with Crippen molar-refractivity contribution in [1.82, 2.24) is 9.78 Å². The van der Waals surface area contributed by atoms with E-state index in [-0.39, 0.29) is 6.61 Å². The summed E-state index contributed by atoms with van der Waals surface area (Å²) in [7, 11) is 1.96. The van der Waals surface area contributed by atoms with Gasteiger partial charge in [-0.25, -0.2) is 0 Å². The SMILES string of the molecule is Cc1nn(C)c(N(CCO)C2CCCC2)c1CN. The maximum Gasteiger partial charge on any atom is 0.131 e. The molecule has 0 atom stereocenters. The number of anilines is 1. The van der Waals surface area contributed by atoms with Gasteiger partial charge in [-0.05, 0) is 19.8 Å². The van der Waals surface area contributed by atoms with Gasteiger partial charge >= 0.3 is 0 Å². The second-order valence-electron chi connectivity index (χ2n) is 5.07. The first-order valence-electron chi connectivity index (χ1n) is 6.79. The summed E-state index contributed by atoms with van der Waals surface area (Å²) in [5.41, 5.74) is 7.96. The Hall–Kier alpha value is -1.07. The predicted molar refractivity (Wildman–Crippen MR) is 72.5 cm³/mol. The Bertz CT molecular complexity index is 396. The molecule has 0 saturated heterocycles. The normalized spacial score (nSPS) is 16.4. The molecule has 1 heterocycles. The molecule has 0 spiro atoms. The van der Waals surface area contributed by atoms with Gasteiger partial charge in [-0.15, -0.1) is 0 Å². The molecule has 0 radical (unpaired) electrons. The number of aliphatic hydroxyl groups excluding tert-OH is 1. The van der Waals surface area contributed by atoms with Crippen LogP contribution in [0.2, 0.25) is 0 Å². The number of nitrogens with zero attached hydrogens (tertiary/aromatic N) is 3. The lowest BCUT2D eigenvalue weighted by Gasteiger charge is -2.31. The summed E-state index contributed by atoms with van der Waals surface area (Å²) in [6, 6.07) is 0.525. The van der Waals surface area contributed by atoms with E-state index >= 15 is 0 Å². The van der Waals surface area contributed by atoms with E-state index < -0.39 is 0 Å². The molecule has 0 bridgehead atoms. The third kappa shape index (κ3) is 2.37. The van der Waals surface area contributed by atoms with Crippen molar-refractivity contribution < 1.29 is 5.11 Å². The van der Waals surface area contributed by atoms with E-state index in [2.05, 4.69) is 10.00 Å². The van der Waals surface area contributed by atoms with Gasteiger partial charge in [0.25, 0.3) is 0 Å². The zero-order chi connectivity index (χ0) is 13.1. The number of hydrogen-bond donors (Lipinski definition) is 2. The van der Waals surface area contributed by atoms with Gasteiger partial charge < -0.3 is 15.7 Å². The van der Waals surface area contributed by atoms with Crippen LogP contribution in [0.4, 0.5) is 5.82 Å². The topological polar surface area (TPSA) is 67.3 Å². The van der Waals surface area contributed by atoms with Gasteiger partial charge in [0.15, 0.2) is 0 Å². The molecule has 1 saturated carbocycles. The van der Waals surface area contributed by atoms with Crippen LogP contribution in [-0.2, 0) is 13.6 Å². The second-order valence-corrected chi connectivity index (χ2v) is 5.07. The molecule has 5 heteroatoms. The van der Waals surface area contributed by atoms with Crippen LogP contribution >= 0.6 is 0 Å². The summed E-state index contributed by atoms with van der Waals surface area (Å²) >= 11 is 0. The number of aryl methyl sites for hydroxylation is 2. The third-order valence-corrected chi connectivity index (χ3v) is 3.90. The van der Waals surface area contributed by atoms with Gasteiger partial charge in [-0.1, -0.05) is 12.8 Å². The van der Waals surface area contributed by atoms with Crippen LogP contribution in [0.1, 0.15) is 36.9 Å². The molecule has 1 aromatic heterocycles. The van der Waals surface area contributed by atoms with E-state index in [4.69, 9.17) is 5.73 Å². The van der Waals surface area contributed by atoms with Crippen molar-refractivity contribution in [3.8, 4) is 0 Å². The van der Waals surface area contributed by atoms with E-state index in [1.54, 1.807) is 0 Å². The van der Waals surface area contributed by atoms with Crippen LogP contribution < -0.4 is 10.6 Å². The zero-order valence-corrected chi connectivity index (χ0v) is 11.4. The van der Waals surface area contributed by atoms with E-state index in [0.717, 1.165) is 17.1 Å². The minimum Gasteiger partial charge on any atom is -0.395 e. The molecule has 0 aliphatic heterocycles. The van der Waals surface area contributed by atoms with Crippen LogP contribution in [0.3, 0.4) is 0 Å². The lowest BCUT2D eigenvalue weighted by molar-refractivity contribution is 0.296. The van der Waals surface area contributed by atoms with Gasteiger partial charge in [0, 0.05) is 31.7 Å². The second kappa shape index (κ2) is 5.71. The van der Waals surface area contributed by atoms with Crippen molar-refractivity contribution in [3.05, 3.63) is 11.3 Å². The number of hydrogen-bond acceptors (Lipinski definition) is 4. The molecule has 1 aliphatic carbocycles. The molecule has 1 aliphatic rings. The van der Waals surface area contributed by atoms with Crippen molar-refractivity contribution in [1.29, 1.82) is 0 Å². The van der Waals surface area contributed by atoms with Gasteiger partial charge in [0.2, 0.25) is 0 Å². The highest BCUT2D eigenvalue weighted by Gasteiger charge is 2.27. The highest BCUT2D eigenvalue weighted by atomic mass is 16.3. The quantitative estimate of drug-likeness (QED) is 0.818. The largest absolute Gasteiger partial charge is 0.395 e. The average Bonchev–Trinajstić information content (AvgIpc) is 2.94. The number of rotatable bonds is 5. The average molecular weight is 252 g/mol. The van der Waals surface area contributed by atoms with E-state index in [1.807, 2.05) is 18.7 Å². The molecule has 5 nitrogen and oxygen atoms in total. The molecule has 2 rings (SSSR count). The number of aliphatic hydroxyl groups is 1. The van der Waals surface area contributed by atoms with Crippen molar-refractivity contribution in [2.24, 2.45) is 12.8 Å². The van der Waals surface area contributed by atoms with Crippen molar-refractivity contribution in [2.75, 3.05) is 18.1 Å². The van der Waals surface area contributed by atoms with E-state index in [9.17, 15) is 5.11 Å². The van der Waals surface area contributed by atoms with Crippen molar-refractivity contribution in [3.63, 3.8) is 0 Å². The Morgan fingerprint density at radius 3 is 2.67 bits per heavy atom. The summed E-state index contributed by atoms with van der Waals surface area (Å²) in [5.74, 6) is 1.09. The Labute approximate surface area is 109 Å². The zero-order valence-electron chi connectivity index (χ0n) is 11.4. The monoisotopic (exact) mass is 252 g/mol. The summed E-state index contributed by atoms with van der Waals surface area (Å²) in [6.45, 7) is 3.34. The maximum absolute atomic E-state index is 9.32. The van der Waals surface area contributed by atoms with Crippen LogP contribution in [0, 0.1) is 6.92 Å². The number of nitrogens with two attached hydrogens (primary N) is 1. The molecule has 0 amide bonds. The highest BCUT2D eigenvalue weighted by Crippen LogP contribution is 2.31. The molecule has 1 aromatic rings. The molecule has 0 aromatic carbocycles. The highest BCUT2D eigenvalue weighted by molar-refractivity contribution is 5.51. The fourth-order valence-corrected chi connectivity index (χ4v) is 3.07. The molecule has 18 heavy (non-hydrogen) atoms. The Kier molecular flexibility index (Phi) is 4.24. The molecule has 3 N–H and O–H groups in total. The lowest BCUT2D eigenvalue weighted by Crippen LogP contribution is -2.37. The van der Waals surface area contributed by atoms with Gasteiger partial charge in [-0.3, -0.25) is 4.68 Å². The summed E-state index contributed by atoms with van der Waals surface area (Å²) in [4.78, 5) is 2.30. The molecule has 0 unspecified atom stereocenters. The Morgan fingerprint density at radius 2 is 2.11 bits per heavy atom. The molecular weight excluding hydrogens is 228 g/mol. The van der Waals surface area contributed by atoms with E-state index in [0.29, 0.717) is 19.1 Å². The molecule has 1 fully saturated rings. The summed E-state index contributed by atoms with van der Waals surface area (Å²) in [5, 5.41) is 13.8. The van der Waals surface area contributed by atoms with Crippen molar-refractivity contribution >= 4 is 5.82 Å². The fourth-order valence-electron chi connectivity index (χ4n) is 3.07. The van der Waals surface area contributed by atoms with E-state index in [1.165, 1.54) is 25.7 Å². The summed E-state index contributed by atoms with van der Waals surface area (Å²) < 4.78 is 1.91. The first-order chi connectivity index (χ1) is 8.69. The minimum atomic E-state index is 0.171. The van der Waals surface area contributed by atoms with Gasteiger partial charge in [0.1, 0.15) is 5.82 Å². The minimum absolute atomic E-state index is 0.171. The Balaban J connectivity index is 2.34. The fraction of sp³-hybridized carbons (Fsp3) is 0.769. The predicted octanol–water partition coefficient (Wildman–Crippen LogP) is 0.929. The molecule has 102 valence electrons.